The molecular formula is C12H22N2O3. The van der Waals surface area contributed by atoms with Crippen LogP contribution in [0, 0.1) is 5.41 Å². The largest absolute Gasteiger partial charge is 0.480 e. The first-order valence-corrected chi connectivity index (χ1v) is 6.26. The number of rotatable bonds is 5. The number of hydrogen-bond acceptors (Lipinski definition) is 3. The van der Waals surface area contributed by atoms with E-state index in [0.717, 1.165) is 38.8 Å². The first kappa shape index (κ1) is 14.0. The summed E-state index contributed by atoms with van der Waals surface area (Å²) in [5, 5.41) is 14.7. The normalized spacial score (nSPS) is 20.6. The number of carbonyl (C=O) groups is 2. The first-order chi connectivity index (χ1) is 8.02. The minimum Gasteiger partial charge on any atom is -0.480 e. The summed E-state index contributed by atoms with van der Waals surface area (Å²) < 4.78 is 0. The van der Waals surface area contributed by atoms with Gasteiger partial charge in [-0.1, -0.05) is 13.3 Å². The van der Waals surface area contributed by atoms with Gasteiger partial charge in [-0.05, 0) is 39.3 Å². The Morgan fingerprint density at radius 3 is 2.47 bits per heavy atom. The number of nitrogens with one attached hydrogen (secondary N) is 2. The molecule has 1 aliphatic heterocycles. The zero-order valence-electron chi connectivity index (χ0n) is 10.6. The third kappa shape index (κ3) is 3.43. The van der Waals surface area contributed by atoms with E-state index in [-0.39, 0.29) is 11.3 Å². The quantitative estimate of drug-likeness (QED) is 0.664. The van der Waals surface area contributed by atoms with Crippen molar-refractivity contribution in [3.05, 3.63) is 0 Å². The van der Waals surface area contributed by atoms with Gasteiger partial charge in [-0.15, -0.1) is 0 Å². The van der Waals surface area contributed by atoms with Crippen LogP contribution in [-0.4, -0.2) is 36.1 Å². The van der Waals surface area contributed by atoms with E-state index < -0.39 is 12.0 Å². The molecule has 0 bridgehead atoms. The SMILES string of the molecule is CCCC1(C(=O)N[C@@H](C)C(=O)O)CCNCC1. The third-order valence-electron chi connectivity index (χ3n) is 3.49. The number of piperidine rings is 1. The highest BCUT2D eigenvalue weighted by atomic mass is 16.4. The van der Waals surface area contributed by atoms with Crippen LogP contribution in [0.3, 0.4) is 0 Å². The molecule has 0 saturated carbocycles. The Bertz CT molecular complexity index is 280. The molecule has 0 aromatic carbocycles. The van der Waals surface area contributed by atoms with E-state index in [4.69, 9.17) is 5.11 Å². The Morgan fingerprint density at radius 2 is 2.00 bits per heavy atom. The van der Waals surface area contributed by atoms with Gasteiger partial charge in [-0.2, -0.15) is 0 Å². The maximum Gasteiger partial charge on any atom is 0.325 e. The van der Waals surface area contributed by atoms with E-state index in [9.17, 15) is 9.59 Å². The van der Waals surface area contributed by atoms with Crippen molar-refractivity contribution in [1.82, 2.24) is 10.6 Å². The standard InChI is InChI=1S/C12H22N2O3/c1-3-4-12(5-7-13-8-6-12)11(17)14-9(2)10(15)16/h9,13H,3-8H2,1-2H3,(H,14,17)(H,15,16)/t9-/m0/s1. The van der Waals surface area contributed by atoms with Crippen molar-refractivity contribution in [3.8, 4) is 0 Å². The fourth-order valence-corrected chi connectivity index (χ4v) is 2.39. The van der Waals surface area contributed by atoms with Crippen LogP contribution in [0.5, 0.6) is 0 Å². The molecule has 1 saturated heterocycles. The summed E-state index contributed by atoms with van der Waals surface area (Å²) in [7, 11) is 0. The van der Waals surface area contributed by atoms with E-state index in [1.54, 1.807) is 0 Å². The molecule has 98 valence electrons. The van der Waals surface area contributed by atoms with Gasteiger partial charge in [0.2, 0.25) is 5.91 Å². The van der Waals surface area contributed by atoms with Crippen molar-refractivity contribution in [3.63, 3.8) is 0 Å². The second-order valence-corrected chi connectivity index (χ2v) is 4.81. The summed E-state index contributed by atoms with van der Waals surface area (Å²) in [5.41, 5.74) is -0.371. The predicted octanol–water partition coefficient (Wildman–Crippen LogP) is 0.746. The Labute approximate surface area is 102 Å². The molecule has 1 rings (SSSR count). The van der Waals surface area contributed by atoms with E-state index >= 15 is 0 Å². The highest BCUT2D eigenvalue weighted by molar-refractivity contribution is 5.87. The van der Waals surface area contributed by atoms with E-state index in [2.05, 4.69) is 17.6 Å². The van der Waals surface area contributed by atoms with Gasteiger partial charge in [0.25, 0.3) is 0 Å². The van der Waals surface area contributed by atoms with E-state index in [1.807, 2.05) is 0 Å². The predicted molar refractivity (Wildman–Crippen MR) is 64.7 cm³/mol. The molecule has 1 atom stereocenters. The lowest BCUT2D eigenvalue weighted by Gasteiger charge is -2.36. The summed E-state index contributed by atoms with van der Waals surface area (Å²) in [4.78, 5) is 23.0. The van der Waals surface area contributed by atoms with Crippen LogP contribution in [0.25, 0.3) is 0 Å². The topological polar surface area (TPSA) is 78.4 Å². The van der Waals surface area contributed by atoms with Crippen LogP contribution in [0.4, 0.5) is 0 Å². The summed E-state index contributed by atoms with van der Waals surface area (Å²) in [6, 6.07) is -0.814. The highest BCUT2D eigenvalue weighted by Gasteiger charge is 2.39. The van der Waals surface area contributed by atoms with Crippen LogP contribution >= 0.6 is 0 Å². The number of amides is 1. The molecule has 3 N–H and O–H groups in total. The monoisotopic (exact) mass is 242 g/mol. The minimum absolute atomic E-state index is 0.101. The molecule has 1 heterocycles. The van der Waals surface area contributed by atoms with E-state index in [1.165, 1.54) is 6.92 Å². The zero-order chi connectivity index (χ0) is 12.9. The van der Waals surface area contributed by atoms with Gasteiger partial charge in [-0.25, -0.2) is 0 Å². The smallest absolute Gasteiger partial charge is 0.325 e. The van der Waals surface area contributed by atoms with Crippen LogP contribution < -0.4 is 10.6 Å². The number of carboxylic acids is 1. The second kappa shape index (κ2) is 6.00. The van der Waals surface area contributed by atoms with Crippen molar-refractivity contribution >= 4 is 11.9 Å². The summed E-state index contributed by atoms with van der Waals surface area (Å²) in [6.45, 7) is 5.21. The van der Waals surface area contributed by atoms with Gasteiger partial charge < -0.3 is 15.7 Å². The maximum atomic E-state index is 12.2. The molecule has 0 radical (unpaired) electrons. The number of carboxylic acid groups (broad SMARTS) is 1. The minimum atomic E-state index is -0.987. The summed E-state index contributed by atoms with van der Waals surface area (Å²) in [6.07, 6.45) is 3.35. The molecule has 0 spiro atoms. The third-order valence-corrected chi connectivity index (χ3v) is 3.49. The van der Waals surface area contributed by atoms with Crippen molar-refractivity contribution in [1.29, 1.82) is 0 Å². The van der Waals surface area contributed by atoms with Crippen molar-refractivity contribution in [2.45, 2.75) is 45.6 Å². The van der Waals surface area contributed by atoms with Gasteiger partial charge in [0.15, 0.2) is 0 Å². The molecule has 5 nitrogen and oxygen atoms in total. The molecule has 1 aliphatic rings. The molecule has 0 unspecified atom stereocenters. The average Bonchev–Trinajstić information content (AvgIpc) is 2.30. The molecule has 0 aromatic heterocycles. The lowest BCUT2D eigenvalue weighted by Crippen LogP contribution is -2.51. The van der Waals surface area contributed by atoms with Gasteiger partial charge >= 0.3 is 5.97 Å². The Balaban J connectivity index is 2.69. The van der Waals surface area contributed by atoms with Crippen LogP contribution in [0.1, 0.15) is 39.5 Å². The summed E-state index contributed by atoms with van der Waals surface area (Å²) >= 11 is 0. The fraction of sp³-hybridized carbons (Fsp3) is 0.833. The van der Waals surface area contributed by atoms with Gasteiger partial charge in [0.05, 0.1) is 5.41 Å². The molecular weight excluding hydrogens is 220 g/mol. The molecule has 0 aliphatic carbocycles. The molecule has 17 heavy (non-hydrogen) atoms. The number of carbonyl (C=O) groups excluding carboxylic acids is 1. The Hall–Kier alpha value is -1.10. The fourth-order valence-electron chi connectivity index (χ4n) is 2.39. The van der Waals surface area contributed by atoms with Crippen LogP contribution in [-0.2, 0) is 9.59 Å². The maximum absolute atomic E-state index is 12.2. The van der Waals surface area contributed by atoms with Gasteiger partial charge in [0, 0.05) is 0 Å². The van der Waals surface area contributed by atoms with Crippen molar-refractivity contribution in [2.24, 2.45) is 5.41 Å². The molecule has 0 aromatic rings. The first-order valence-electron chi connectivity index (χ1n) is 6.26. The Morgan fingerprint density at radius 1 is 1.41 bits per heavy atom. The second-order valence-electron chi connectivity index (χ2n) is 4.81. The summed E-state index contributed by atoms with van der Waals surface area (Å²) in [5.74, 6) is -1.09. The van der Waals surface area contributed by atoms with E-state index in [0.29, 0.717) is 0 Å². The van der Waals surface area contributed by atoms with Gasteiger partial charge in [-0.3, -0.25) is 9.59 Å². The highest BCUT2D eigenvalue weighted by Crippen LogP contribution is 2.34. The lowest BCUT2D eigenvalue weighted by atomic mass is 9.74. The van der Waals surface area contributed by atoms with Gasteiger partial charge in [0.1, 0.15) is 6.04 Å². The molecule has 1 fully saturated rings. The van der Waals surface area contributed by atoms with Crippen molar-refractivity contribution < 1.29 is 14.7 Å². The molecule has 1 amide bonds. The number of aliphatic carboxylic acids is 1. The Kier molecular flexibility index (Phi) is 4.93. The zero-order valence-corrected chi connectivity index (χ0v) is 10.6. The van der Waals surface area contributed by atoms with Crippen molar-refractivity contribution in [2.75, 3.05) is 13.1 Å². The van der Waals surface area contributed by atoms with Crippen LogP contribution in [0.2, 0.25) is 0 Å². The lowest BCUT2D eigenvalue weighted by molar-refractivity contribution is -0.144. The van der Waals surface area contributed by atoms with Crippen LogP contribution in [0.15, 0.2) is 0 Å². The number of hydrogen-bond donors (Lipinski definition) is 3. The molecule has 5 heteroatoms. The average molecular weight is 242 g/mol.